The Balaban J connectivity index is 2.42. The molecule has 3 N–H and O–H groups in total. The van der Waals surface area contributed by atoms with Crippen LogP contribution in [0.4, 0.5) is 17.6 Å². The van der Waals surface area contributed by atoms with Gasteiger partial charge in [0.2, 0.25) is 0 Å². The van der Waals surface area contributed by atoms with Crippen LogP contribution in [0, 0.1) is 0 Å². The molecule has 10 heteroatoms. The summed E-state index contributed by atoms with van der Waals surface area (Å²) >= 11 is 2.99. The number of hydrogen-bond acceptors (Lipinski definition) is 4. The Bertz CT molecular complexity index is 596. The van der Waals surface area contributed by atoms with Gasteiger partial charge in [-0.1, -0.05) is 15.9 Å². The van der Waals surface area contributed by atoms with Gasteiger partial charge in [0.05, 0.1) is 6.42 Å². The van der Waals surface area contributed by atoms with Gasteiger partial charge in [-0.05, 0) is 17.7 Å². The average molecular weight is 374 g/mol. The van der Waals surface area contributed by atoms with Crippen LogP contribution in [0.1, 0.15) is 18.0 Å². The number of halogens is 5. The summed E-state index contributed by atoms with van der Waals surface area (Å²) in [7, 11) is 0. The molecule has 0 fully saturated rings. The molecule has 0 saturated carbocycles. The van der Waals surface area contributed by atoms with E-state index in [1.165, 1.54) is 0 Å². The van der Waals surface area contributed by atoms with Crippen LogP contribution < -0.4 is 15.2 Å². The first-order chi connectivity index (χ1) is 9.53. The van der Waals surface area contributed by atoms with Crippen LogP contribution in [0.5, 0.6) is 11.5 Å². The van der Waals surface area contributed by atoms with Crippen molar-refractivity contribution in [3.8, 4) is 11.5 Å². The summed E-state index contributed by atoms with van der Waals surface area (Å²) in [5, 5.41) is 8.66. The van der Waals surface area contributed by atoms with Crippen LogP contribution >= 0.6 is 15.9 Å². The second-order valence-corrected chi connectivity index (χ2v) is 5.12. The molecule has 5 nitrogen and oxygen atoms in total. The first kappa shape index (κ1) is 15.8. The Labute approximate surface area is 123 Å². The smallest absolute Gasteiger partial charge is 0.481 e. The molecule has 0 radical (unpaired) electrons. The van der Waals surface area contributed by atoms with Crippen molar-refractivity contribution < 1.29 is 36.9 Å². The number of carboxylic acid groups (broad SMARTS) is 1. The Hall–Kier alpha value is -1.55. The van der Waals surface area contributed by atoms with Crippen LogP contribution in [-0.4, -0.2) is 23.3 Å². The number of alkyl halides is 4. The third-order valence-electron chi connectivity index (χ3n) is 2.67. The lowest BCUT2D eigenvalue weighted by atomic mass is 10.0. The quantitative estimate of drug-likeness (QED) is 0.796. The lowest BCUT2D eigenvalue weighted by Crippen LogP contribution is -2.52. The van der Waals surface area contributed by atoms with Crippen molar-refractivity contribution in [2.24, 2.45) is 5.73 Å². The van der Waals surface area contributed by atoms with Gasteiger partial charge >= 0.3 is 18.2 Å². The zero-order valence-corrected chi connectivity index (χ0v) is 11.7. The molecule has 0 aliphatic carbocycles. The van der Waals surface area contributed by atoms with Crippen molar-refractivity contribution >= 4 is 21.9 Å². The first-order valence-corrected chi connectivity index (χ1v) is 6.27. The number of aliphatic carboxylic acids is 1. The average Bonchev–Trinajstić information content (AvgIpc) is 2.29. The second kappa shape index (κ2) is 5.02. The molecular weight excluding hydrogens is 366 g/mol. The molecule has 116 valence electrons. The monoisotopic (exact) mass is 373 g/mol. The number of fused-ring (bicyclic) bond motifs is 1. The van der Waals surface area contributed by atoms with Gasteiger partial charge in [-0.3, -0.25) is 4.79 Å². The number of carbonyl (C=O) groups is 1. The predicted octanol–water partition coefficient (Wildman–Crippen LogP) is 2.88. The van der Waals surface area contributed by atoms with Crippen LogP contribution in [0.3, 0.4) is 0 Å². The van der Waals surface area contributed by atoms with Crippen LogP contribution in [-0.2, 0) is 4.79 Å². The topological polar surface area (TPSA) is 81.8 Å². The van der Waals surface area contributed by atoms with Crippen LogP contribution in [0.15, 0.2) is 16.6 Å². The van der Waals surface area contributed by atoms with Crippen molar-refractivity contribution in [2.45, 2.75) is 24.7 Å². The van der Waals surface area contributed by atoms with E-state index in [4.69, 9.17) is 10.8 Å². The summed E-state index contributed by atoms with van der Waals surface area (Å²) in [4.78, 5) is 10.6. The van der Waals surface area contributed by atoms with Gasteiger partial charge in [-0.15, -0.1) is 0 Å². The third kappa shape index (κ3) is 2.91. The SMILES string of the molecule is NC(CC(=O)O)c1cc2c(cc1Br)OC(F)(F)C(F)(F)O2. The Morgan fingerprint density at radius 3 is 2.19 bits per heavy atom. The number of ether oxygens (including phenoxy) is 2. The van der Waals surface area contributed by atoms with E-state index in [0.717, 1.165) is 12.1 Å². The van der Waals surface area contributed by atoms with E-state index < -0.39 is 42.1 Å². The van der Waals surface area contributed by atoms with Gasteiger partial charge < -0.3 is 20.3 Å². The minimum atomic E-state index is -4.85. The molecule has 1 aromatic carbocycles. The van der Waals surface area contributed by atoms with Crippen molar-refractivity contribution in [1.82, 2.24) is 0 Å². The Kier molecular flexibility index (Phi) is 3.79. The highest BCUT2D eigenvalue weighted by atomic mass is 79.9. The van der Waals surface area contributed by atoms with Crippen LogP contribution in [0.2, 0.25) is 0 Å². The standard InChI is InChI=1S/C11H8BrF4NO4/c12-5-2-8-7(1-4(5)6(17)3-9(18)19)20-10(13,14)11(15,16)21-8/h1-2,6H,3,17H2,(H,18,19). The normalized spacial score (nSPS) is 19.9. The number of nitrogens with two attached hydrogens (primary N) is 1. The molecule has 2 rings (SSSR count). The largest absolute Gasteiger partial charge is 0.507 e. The molecule has 1 aliphatic heterocycles. The fourth-order valence-electron chi connectivity index (χ4n) is 1.69. The second-order valence-electron chi connectivity index (χ2n) is 4.26. The Morgan fingerprint density at radius 1 is 1.24 bits per heavy atom. The van der Waals surface area contributed by atoms with Gasteiger partial charge in [-0.25, -0.2) is 0 Å². The lowest BCUT2D eigenvalue weighted by molar-refractivity contribution is -0.391. The van der Waals surface area contributed by atoms with Crippen molar-refractivity contribution in [1.29, 1.82) is 0 Å². The molecule has 1 unspecified atom stereocenters. The van der Waals surface area contributed by atoms with Gasteiger partial charge in [0.1, 0.15) is 0 Å². The zero-order chi connectivity index (χ0) is 16.0. The number of hydrogen-bond donors (Lipinski definition) is 2. The summed E-state index contributed by atoms with van der Waals surface area (Å²) < 4.78 is 60.2. The molecule has 1 aliphatic rings. The minimum absolute atomic E-state index is 0.112. The molecule has 1 heterocycles. The van der Waals surface area contributed by atoms with E-state index in [1.54, 1.807) is 0 Å². The number of rotatable bonds is 3. The maximum Gasteiger partial charge on any atom is 0.507 e. The van der Waals surface area contributed by atoms with Crippen LogP contribution in [0.25, 0.3) is 0 Å². The fourth-order valence-corrected chi connectivity index (χ4v) is 2.30. The third-order valence-corrected chi connectivity index (χ3v) is 3.36. The molecule has 0 spiro atoms. The van der Waals surface area contributed by atoms with E-state index in [-0.39, 0.29) is 10.0 Å². The first-order valence-electron chi connectivity index (χ1n) is 5.48. The summed E-state index contributed by atoms with van der Waals surface area (Å²) in [6, 6.07) is 0.868. The lowest BCUT2D eigenvalue weighted by Gasteiger charge is -2.32. The number of benzene rings is 1. The van der Waals surface area contributed by atoms with Gasteiger partial charge in [0, 0.05) is 10.5 Å². The molecule has 1 aromatic rings. The minimum Gasteiger partial charge on any atom is -0.481 e. The summed E-state index contributed by atoms with van der Waals surface area (Å²) in [6.45, 7) is 0. The highest BCUT2D eigenvalue weighted by Crippen LogP contribution is 2.48. The van der Waals surface area contributed by atoms with E-state index >= 15 is 0 Å². The maximum absolute atomic E-state index is 13.1. The van der Waals surface area contributed by atoms with E-state index in [2.05, 4.69) is 25.4 Å². The van der Waals surface area contributed by atoms with Gasteiger partial charge in [0.25, 0.3) is 0 Å². The maximum atomic E-state index is 13.1. The van der Waals surface area contributed by atoms with E-state index in [9.17, 15) is 22.4 Å². The number of carboxylic acids is 1. The van der Waals surface area contributed by atoms with Gasteiger partial charge in [-0.2, -0.15) is 17.6 Å². The summed E-state index contributed by atoms with van der Waals surface area (Å²) in [5.41, 5.74) is 5.72. The predicted molar refractivity (Wildman–Crippen MR) is 64.5 cm³/mol. The highest BCUT2D eigenvalue weighted by molar-refractivity contribution is 9.10. The molecule has 0 bridgehead atoms. The molecule has 21 heavy (non-hydrogen) atoms. The van der Waals surface area contributed by atoms with E-state index in [0.29, 0.717) is 0 Å². The molecule has 0 amide bonds. The molecule has 0 saturated heterocycles. The van der Waals surface area contributed by atoms with E-state index in [1.807, 2.05) is 0 Å². The summed E-state index contributed by atoms with van der Waals surface area (Å²) in [5.74, 6) is -2.46. The van der Waals surface area contributed by atoms with Crippen molar-refractivity contribution in [3.63, 3.8) is 0 Å². The zero-order valence-electron chi connectivity index (χ0n) is 10.1. The summed E-state index contributed by atoms with van der Waals surface area (Å²) in [6.07, 6.45) is -10.1. The Morgan fingerprint density at radius 2 is 1.71 bits per heavy atom. The molecule has 1 atom stereocenters. The highest BCUT2D eigenvalue weighted by Gasteiger charge is 2.66. The van der Waals surface area contributed by atoms with Crippen molar-refractivity contribution in [2.75, 3.05) is 0 Å². The van der Waals surface area contributed by atoms with Crippen molar-refractivity contribution in [3.05, 3.63) is 22.2 Å². The molecule has 0 aromatic heterocycles. The molecular formula is C11H8BrF4NO4. The van der Waals surface area contributed by atoms with Gasteiger partial charge in [0.15, 0.2) is 11.5 Å². The fraction of sp³-hybridized carbons (Fsp3) is 0.364.